The van der Waals surface area contributed by atoms with E-state index in [0.717, 1.165) is 28.9 Å². The molecular weight excluding hydrogens is 703 g/mol. The summed E-state index contributed by atoms with van der Waals surface area (Å²) in [5.41, 5.74) is 16.4. The van der Waals surface area contributed by atoms with Crippen molar-refractivity contribution in [2.45, 2.75) is 113 Å². The summed E-state index contributed by atoms with van der Waals surface area (Å²) in [6.07, 6.45) is 24.5. The van der Waals surface area contributed by atoms with Gasteiger partial charge in [0.2, 0.25) is 0 Å². The van der Waals surface area contributed by atoms with Gasteiger partial charge in [-0.3, -0.25) is 0 Å². The Labute approximate surface area is 344 Å². The zero-order valence-electron chi connectivity index (χ0n) is 34.5. The van der Waals surface area contributed by atoms with Crippen molar-refractivity contribution in [1.82, 2.24) is 0 Å². The number of rotatable bonds is 4. The van der Waals surface area contributed by atoms with E-state index < -0.39 is 0 Å². The summed E-state index contributed by atoms with van der Waals surface area (Å²) >= 11 is 0. The third-order valence-electron chi connectivity index (χ3n) is 17.4. The highest BCUT2D eigenvalue weighted by Crippen LogP contribution is 2.64. The van der Waals surface area contributed by atoms with Gasteiger partial charge < -0.3 is 9.32 Å². The van der Waals surface area contributed by atoms with Gasteiger partial charge in [-0.2, -0.15) is 0 Å². The molecule has 14 rings (SSSR count). The van der Waals surface area contributed by atoms with Gasteiger partial charge in [0.25, 0.3) is 0 Å². The molecule has 58 heavy (non-hydrogen) atoms. The van der Waals surface area contributed by atoms with Gasteiger partial charge in [-0.1, -0.05) is 119 Å². The standard InChI is InChI=1S/C56H55NO/c1-53(2)44-15-7-5-13-41(44)42-20-18-38(28-46(42)53)57(39-19-21-45-47(29-39)56(23-10-4-11-24-56)51-17-9-12-22-54(45,51)3)40-30-48(52-43-14-6-8-16-49(43)58-50(52)31-40)55-32-35-25-36(33-55)27-37(26-35)34-55/h5-9,12-22,28-31,35-37,51H,4,10-11,23-27,32-34H2,1-3H3. The van der Waals surface area contributed by atoms with E-state index in [9.17, 15) is 0 Å². The molecule has 8 aliphatic carbocycles. The first-order chi connectivity index (χ1) is 28.2. The third kappa shape index (κ3) is 4.45. The number of anilines is 3. The van der Waals surface area contributed by atoms with Crippen LogP contribution < -0.4 is 4.90 Å². The van der Waals surface area contributed by atoms with Crippen LogP contribution in [0.15, 0.2) is 126 Å². The molecule has 1 spiro atoms. The molecule has 8 aliphatic rings. The van der Waals surface area contributed by atoms with E-state index in [-0.39, 0.29) is 21.7 Å². The SMILES string of the molecule is CC1(C)c2ccccc2-c2ccc(N(c3ccc4c(c3)C3(CCCCC3)C3C=CC=CC43C)c3cc(C45CC6CC(CC(C6)C4)C5)c4c(c3)oc3ccccc34)cc21. The van der Waals surface area contributed by atoms with Gasteiger partial charge in [0.1, 0.15) is 11.2 Å². The molecule has 1 heterocycles. The van der Waals surface area contributed by atoms with E-state index in [1.165, 1.54) is 126 Å². The van der Waals surface area contributed by atoms with Crippen molar-refractivity contribution in [3.63, 3.8) is 0 Å². The quantitative estimate of drug-likeness (QED) is 0.178. The van der Waals surface area contributed by atoms with Crippen LogP contribution in [-0.4, -0.2) is 0 Å². The number of para-hydroxylation sites is 1. The lowest BCUT2D eigenvalue weighted by Crippen LogP contribution is -2.48. The molecule has 6 aromatic rings. The van der Waals surface area contributed by atoms with Crippen LogP contribution in [0.2, 0.25) is 0 Å². The molecule has 5 fully saturated rings. The number of nitrogens with zero attached hydrogens (tertiary/aromatic N) is 1. The molecule has 0 radical (unpaired) electrons. The molecule has 0 N–H and O–H groups in total. The molecule has 0 amide bonds. The average Bonchev–Trinajstić information content (AvgIpc) is 3.79. The minimum absolute atomic E-state index is 0.0208. The van der Waals surface area contributed by atoms with Gasteiger partial charge >= 0.3 is 0 Å². The van der Waals surface area contributed by atoms with Gasteiger partial charge in [0.05, 0.1) is 5.69 Å². The molecule has 2 atom stereocenters. The minimum atomic E-state index is -0.0896. The Hall–Kier alpha value is -4.82. The van der Waals surface area contributed by atoms with Crippen LogP contribution in [-0.2, 0) is 21.7 Å². The highest BCUT2D eigenvalue weighted by molar-refractivity contribution is 6.08. The third-order valence-corrected chi connectivity index (χ3v) is 17.4. The van der Waals surface area contributed by atoms with Gasteiger partial charge in [-0.05, 0) is 156 Å². The van der Waals surface area contributed by atoms with Crippen molar-refractivity contribution in [2.24, 2.45) is 23.7 Å². The highest BCUT2D eigenvalue weighted by Gasteiger charge is 2.57. The number of allylic oxidation sites excluding steroid dienone is 4. The zero-order chi connectivity index (χ0) is 38.6. The summed E-state index contributed by atoms with van der Waals surface area (Å²) in [5, 5.41) is 2.66. The lowest BCUT2D eigenvalue weighted by Gasteiger charge is -2.57. The molecule has 0 saturated heterocycles. The van der Waals surface area contributed by atoms with Crippen LogP contribution in [0, 0.1) is 23.7 Å². The Balaban J connectivity index is 1.07. The van der Waals surface area contributed by atoms with Crippen LogP contribution >= 0.6 is 0 Å². The number of fused-ring (bicyclic) bond motifs is 11. The lowest BCUT2D eigenvalue weighted by molar-refractivity contribution is -0.00446. The molecule has 2 unspecified atom stereocenters. The molecule has 2 nitrogen and oxygen atoms in total. The fraction of sp³-hybridized carbons (Fsp3) is 0.393. The molecule has 1 aromatic heterocycles. The summed E-state index contributed by atoms with van der Waals surface area (Å²) in [5.74, 6) is 3.07. The van der Waals surface area contributed by atoms with Crippen LogP contribution in [0.4, 0.5) is 17.1 Å². The van der Waals surface area contributed by atoms with Gasteiger partial charge in [0, 0.05) is 44.5 Å². The average molecular weight is 758 g/mol. The molecular formula is C56H55NO. The van der Waals surface area contributed by atoms with Crippen LogP contribution in [0.1, 0.15) is 119 Å². The zero-order valence-corrected chi connectivity index (χ0v) is 34.5. The summed E-state index contributed by atoms with van der Waals surface area (Å²) in [7, 11) is 0. The van der Waals surface area contributed by atoms with Gasteiger partial charge in [0.15, 0.2) is 0 Å². The van der Waals surface area contributed by atoms with Crippen LogP contribution in [0.3, 0.4) is 0 Å². The first-order valence-electron chi connectivity index (χ1n) is 22.8. The topological polar surface area (TPSA) is 16.4 Å². The Kier molecular flexibility index (Phi) is 6.86. The summed E-state index contributed by atoms with van der Waals surface area (Å²) in [6, 6.07) is 38.0. The smallest absolute Gasteiger partial charge is 0.137 e. The second-order valence-corrected chi connectivity index (χ2v) is 20.8. The molecule has 5 aromatic carbocycles. The second kappa shape index (κ2) is 11.7. The van der Waals surface area contributed by atoms with Crippen molar-refractivity contribution in [3.8, 4) is 11.1 Å². The Morgan fingerprint density at radius 3 is 2.03 bits per heavy atom. The summed E-state index contributed by atoms with van der Waals surface area (Å²) < 4.78 is 6.97. The van der Waals surface area contributed by atoms with E-state index in [2.05, 4.69) is 147 Å². The fourth-order valence-corrected chi connectivity index (χ4v) is 15.3. The fourth-order valence-electron chi connectivity index (χ4n) is 15.3. The number of hydrogen-bond donors (Lipinski definition) is 0. The van der Waals surface area contributed by atoms with E-state index in [0.29, 0.717) is 5.92 Å². The number of furan rings is 1. The molecule has 4 bridgehead atoms. The van der Waals surface area contributed by atoms with Crippen molar-refractivity contribution in [2.75, 3.05) is 4.90 Å². The molecule has 0 aliphatic heterocycles. The molecule has 290 valence electrons. The minimum Gasteiger partial charge on any atom is -0.456 e. The summed E-state index contributed by atoms with van der Waals surface area (Å²) in [6.45, 7) is 7.36. The predicted molar refractivity (Wildman–Crippen MR) is 240 cm³/mol. The second-order valence-electron chi connectivity index (χ2n) is 20.8. The van der Waals surface area contributed by atoms with Crippen LogP contribution in [0.25, 0.3) is 33.1 Å². The van der Waals surface area contributed by atoms with Gasteiger partial charge in [-0.25, -0.2) is 0 Å². The van der Waals surface area contributed by atoms with Crippen molar-refractivity contribution >= 4 is 39.0 Å². The van der Waals surface area contributed by atoms with Crippen molar-refractivity contribution in [3.05, 3.63) is 149 Å². The first kappa shape index (κ1) is 34.1. The van der Waals surface area contributed by atoms with Gasteiger partial charge in [-0.15, -0.1) is 0 Å². The summed E-state index contributed by atoms with van der Waals surface area (Å²) in [4.78, 5) is 2.64. The number of benzene rings is 5. The van der Waals surface area contributed by atoms with E-state index in [1.807, 2.05) is 0 Å². The number of hydrogen-bond acceptors (Lipinski definition) is 2. The normalized spacial score (nSPS) is 30.2. The van der Waals surface area contributed by atoms with E-state index in [4.69, 9.17) is 4.42 Å². The molecule has 5 saturated carbocycles. The van der Waals surface area contributed by atoms with E-state index in [1.54, 1.807) is 11.1 Å². The maximum Gasteiger partial charge on any atom is 0.137 e. The Morgan fingerprint density at radius 2 is 1.24 bits per heavy atom. The monoisotopic (exact) mass is 757 g/mol. The Morgan fingerprint density at radius 1 is 0.569 bits per heavy atom. The largest absolute Gasteiger partial charge is 0.456 e. The lowest BCUT2D eigenvalue weighted by atomic mass is 9.47. The van der Waals surface area contributed by atoms with E-state index >= 15 is 0 Å². The predicted octanol–water partition coefficient (Wildman–Crippen LogP) is 15.0. The van der Waals surface area contributed by atoms with Crippen molar-refractivity contribution in [1.29, 1.82) is 0 Å². The molecule has 2 heteroatoms. The Bertz CT molecular complexity index is 2730. The highest BCUT2D eigenvalue weighted by atomic mass is 16.3. The van der Waals surface area contributed by atoms with Crippen molar-refractivity contribution < 1.29 is 4.42 Å². The maximum atomic E-state index is 6.97. The maximum absolute atomic E-state index is 6.97. The first-order valence-corrected chi connectivity index (χ1v) is 22.8. The van der Waals surface area contributed by atoms with Crippen LogP contribution in [0.5, 0.6) is 0 Å².